The molecule has 1 aromatic carbocycles. The van der Waals surface area contributed by atoms with Crippen LogP contribution >= 0.6 is 11.8 Å². The highest BCUT2D eigenvalue weighted by molar-refractivity contribution is 7.98. The number of benzene rings is 1. The van der Waals surface area contributed by atoms with Crippen molar-refractivity contribution in [2.24, 2.45) is 11.7 Å². The lowest BCUT2D eigenvalue weighted by molar-refractivity contribution is 0.333. The van der Waals surface area contributed by atoms with Crippen LogP contribution in [0.4, 0.5) is 4.39 Å². The molecule has 0 saturated carbocycles. The van der Waals surface area contributed by atoms with E-state index in [-0.39, 0.29) is 17.8 Å². The molecule has 0 saturated heterocycles. The quantitative estimate of drug-likeness (QED) is 0.826. The Bertz CT molecular complexity index is 561. The summed E-state index contributed by atoms with van der Waals surface area (Å²) in [5.74, 6) is 1.09. The highest BCUT2D eigenvalue weighted by atomic mass is 32.2. The predicted molar refractivity (Wildman–Crippen MR) is 76.6 cm³/mol. The molecular formula is C14H18FN3OS. The van der Waals surface area contributed by atoms with Crippen LogP contribution in [0.3, 0.4) is 0 Å². The largest absolute Gasteiger partial charge is 0.414 e. The summed E-state index contributed by atoms with van der Waals surface area (Å²) in [6.45, 7) is 4.12. The Labute approximate surface area is 122 Å². The van der Waals surface area contributed by atoms with Gasteiger partial charge in [0.2, 0.25) is 5.89 Å². The van der Waals surface area contributed by atoms with Gasteiger partial charge in [0, 0.05) is 5.75 Å². The van der Waals surface area contributed by atoms with Crippen molar-refractivity contribution in [1.29, 1.82) is 0 Å². The van der Waals surface area contributed by atoms with Gasteiger partial charge in [0.05, 0.1) is 6.04 Å². The monoisotopic (exact) mass is 295 g/mol. The predicted octanol–water partition coefficient (Wildman–Crippen LogP) is 3.55. The summed E-state index contributed by atoms with van der Waals surface area (Å²) in [6.07, 6.45) is 0.954. The Hall–Kier alpha value is -1.40. The van der Waals surface area contributed by atoms with E-state index < -0.39 is 0 Å². The Morgan fingerprint density at radius 1 is 1.40 bits per heavy atom. The number of aromatic nitrogens is 2. The second-order valence-electron chi connectivity index (χ2n) is 4.74. The third kappa shape index (κ3) is 3.80. The maximum atomic E-state index is 13.1. The maximum Gasteiger partial charge on any atom is 0.276 e. The molecule has 20 heavy (non-hydrogen) atoms. The third-order valence-corrected chi connectivity index (χ3v) is 4.11. The molecule has 0 radical (unpaired) electrons. The lowest BCUT2D eigenvalue weighted by atomic mass is 10.0. The lowest BCUT2D eigenvalue weighted by Gasteiger charge is -2.13. The number of halogens is 1. The van der Waals surface area contributed by atoms with Crippen LogP contribution in [0.15, 0.2) is 33.9 Å². The standard InChI is InChI=1S/C14H18FN3OS/c1-3-9(2)12(16)13-17-18-14(19-13)20-8-10-5-4-6-11(15)7-10/h4-7,9,12H,3,8,16H2,1-2H3/t9-,12-/m0/s1. The van der Waals surface area contributed by atoms with E-state index in [1.54, 1.807) is 6.07 Å². The van der Waals surface area contributed by atoms with Gasteiger partial charge in [0.1, 0.15) is 5.82 Å². The fourth-order valence-corrected chi connectivity index (χ4v) is 2.40. The van der Waals surface area contributed by atoms with Crippen molar-refractivity contribution in [1.82, 2.24) is 10.2 Å². The van der Waals surface area contributed by atoms with Gasteiger partial charge >= 0.3 is 0 Å². The molecule has 2 N–H and O–H groups in total. The van der Waals surface area contributed by atoms with Gasteiger partial charge in [-0.2, -0.15) is 0 Å². The Balaban J connectivity index is 1.96. The van der Waals surface area contributed by atoms with Gasteiger partial charge in [-0.15, -0.1) is 10.2 Å². The summed E-state index contributed by atoms with van der Waals surface area (Å²) in [5.41, 5.74) is 6.91. The minimum atomic E-state index is -0.242. The number of nitrogens with zero attached hydrogens (tertiary/aromatic N) is 2. The molecule has 2 rings (SSSR count). The van der Waals surface area contributed by atoms with E-state index in [0.717, 1.165) is 12.0 Å². The lowest BCUT2D eigenvalue weighted by Crippen LogP contribution is -2.18. The average Bonchev–Trinajstić information content (AvgIpc) is 2.92. The van der Waals surface area contributed by atoms with E-state index in [4.69, 9.17) is 10.2 Å². The van der Waals surface area contributed by atoms with Crippen LogP contribution < -0.4 is 5.73 Å². The molecule has 0 unspecified atom stereocenters. The molecule has 0 aliphatic rings. The molecule has 2 aromatic rings. The molecule has 6 heteroatoms. The van der Waals surface area contributed by atoms with Crippen LogP contribution in [-0.2, 0) is 5.75 Å². The average molecular weight is 295 g/mol. The van der Waals surface area contributed by atoms with Gasteiger partial charge in [-0.1, -0.05) is 44.2 Å². The minimum absolute atomic E-state index is 0.240. The van der Waals surface area contributed by atoms with Gasteiger partial charge < -0.3 is 10.2 Å². The van der Waals surface area contributed by atoms with Gasteiger partial charge in [-0.05, 0) is 23.6 Å². The van der Waals surface area contributed by atoms with Crippen LogP contribution in [-0.4, -0.2) is 10.2 Å². The summed E-state index contributed by atoms with van der Waals surface area (Å²) in [5, 5.41) is 8.40. The third-order valence-electron chi connectivity index (χ3n) is 3.22. The number of hydrogen-bond donors (Lipinski definition) is 1. The second kappa shape index (κ2) is 6.85. The summed E-state index contributed by atoms with van der Waals surface area (Å²) in [7, 11) is 0. The van der Waals surface area contributed by atoms with E-state index in [2.05, 4.69) is 24.0 Å². The van der Waals surface area contributed by atoms with E-state index >= 15 is 0 Å². The molecule has 2 atom stereocenters. The Kier molecular flexibility index (Phi) is 5.14. The molecule has 0 fully saturated rings. The van der Waals surface area contributed by atoms with Gasteiger partial charge in [0.25, 0.3) is 5.22 Å². The van der Waals surface area contributed by atoms with Crippen molar-refractivity contribution in [3.63, 3.8) is 0 Å². The number of thioether (sulfide) groups is 1. The smallest absolute Gasteiger partial charge is 0.276 e. The van der Waals surface area contributed by atoms with Crippen molar-refractivity contribution >= 4 is 11.8 Å². The van der Waals surface area contributed by atoms with Gasteiger partial charge in [-0.3, -0.25) is 0 Å². The topological polar surface area (TPSA) is 64.9 Å². The van der Waals surface area contributed by atoms with Crippen LogP contribution in [0.25, 0.3) is 0 Å². The van der Waals surface area contributed by atoms with E-state index in [9.17, 15) is 4.39 Å². The van der Waals surface area contributed by atoms with Gasteiger partial charge in [-0.25, -0.2) is 4.39 Å². The first-order valence-corrected chi connectivity index (χ1v) is 7.55. The molecule has 0 spiro atoms. The summed E-state index contributed by atoms with van der Waals surface area (Å²) >= 11 is 1.38. The van der Waals surface area contributed by atoms with Gasteiger partial charge in [0.15, 0.2) is 0 Å². The van der Waals surface area contributed by atoms with Crippen molar-refractivity contribution < 1.29 is 8.81 Å². The first kappa shape index (κ1) is 15.0. The summed E-state index contributed by atoms with van der Waals surface area (Å²) in [4.78, 5) is 0. The Morgan fingerprint density at radius 2 is 2.20 bits per heavy atom. The molecular weight excluding hydrogens is 277 g/mol. The Morgan fingerprint density at radius 3 is 2.90 bits per heavy atom. The SMILES string of the molecule is CC[C@H](C)[C@H](N)c1nnc(SCc2cccc(F)c2)o1. The first-order valence-electron chi connectivity index (χ1n) is 6.56. The maximum absolute atomic E-state index is 13.1. The minimum Gasteiger partial charge on any atom is -0.414 e. The van der Waals surface area contributed by atoms with Crippen molar-refractivity contribution in [2.45, 2.75) is 37.3 Å². The first-order chi connectivity index (χ1) is 9.60. The van der Waals surface area contributed by atoms with Crippen LogP contribution in [0.5, 0.6) is 0 Å². The second-order valence-corrected chi connectivity index (χ2v) is 5.66. The zero-order valence-corrected chi connectivity index (χ0v) is 12.4. The molecule has 4 nitrogen and oxygen atoms in total. The molecule has 1 aromatic heterocycles. The summed E-state index contributed by atoms with van der Waals surface area (Å²) < 4.78 is 18.6. The molecule has 0 aliphatic heterocycles. The number of rotatable bonds is 6. The molecule has 0 aliphatic carbocycles. The van der Waals surface area contributed by atoms with Crippen LogP contribution in [0.1, 0.15) is 37.8 Å². The van der Waals surface area contributed by atoms with Crippen LogP contribution in [0.2, 0.25) is 0 Å². The van der Waals surface area contributed by atoms with Crippen molar-refractivity contribution in [3.05, 3.63) is 41.5 Å². The number of hydrogen-bond acceptors (Lipinski definition) is 5. The highest BCUT2D eigenvalue weighted by Gasteiger charge is 2.19. The van der Waals surface area contributed by atoms with Crippen molar-refractivity contribution in [3.8, 4) is 0 Å². The van der Waals surface area contributed by atoms with Crippen molar-refractivity contribution in [2.75, 3.05) is 0 Å². The zero-order valence-electron chi connectivity index (χ0n) is 11.5. The van der Waals surface area contributed by atoms with Crippen LogP contribution in [0, 0.1) is 11.7 Å². The highest BCUT2D eigenvalue weighted by Crippen LogP contribution is 2.26. The van der Waals surface area contributed by atoms with E-state index in [0.29, 0.717) is 16.9 Å². The zero-order chi connectivity index (χ0) is 14.5. The summed E-state index contributed by atoms with van der Waals surface area (Å²) in [6, 6.07) is 6.22. The van der Waals surface area contributed by atoms with E-state index in [1.807, 2.05) is 6.07 Å². The van der Waals surface area contributed by atoms with E-state index in [1.165, 1.54) is 23.9 Å². The number of nitrogens with two attached hydrogens (primary N) is 1. The molecule has 0 bridgehead atoms. The molecule has 0 amide bonds. The fraction of sp³-hybridized carbons (Fsp3) is 0.429. The normalized spacial score (nSPS) is 14.2. The molecule has 108 valence electrons. The fourth-order valence-electron chi connectivity index (χ4n) is 1.68. The molecule has 1 heterocycles.